The van der Waals surface area contributed by atoms with E-state index in [1.165, 1.54) is 0 Å². The summed E-state index contributed by atoms with van der Waals surface area (Å²) in [5.41, 5.74) is 2.08. The Labute approximate surface area is 137 Å². The number of carbonyl (C=O) groups excluding carboxylic acids is 1. The van der Waals surface area contributed by atoms with Crippen LogP contribution in [0.1, 0.15) is 38.9 Å². The van der Waals surface area contributed by atoms with Crippen molar-refractivity contribution in [3.05, 3.63) is 47.0 Å². The molecule has 2 rings (SSSR count). The molecule has 4 atom stereocenters. The molecule has 1 heterocycles. The molecule has 0 aromatic heterocycles. The SMILES string of the molecule is C=C(C)[C@@H]1C[C@H](C(=O)OCC)[C@@H](C)O[C@H]1c1ccc(Cl)cc1. The molecule has 1 aliphatic heterocycles. The van der Waals surface area contributed by atoms with Crippen LogP contribution in [0.2, 0.25) is 5.02 Å². The van der Waals surface area contributed by atoms with Crippen LogP contribution in [-0.2, 0) is 14.3 Å². The van der Waals surface area contributed by atoms with Crippen LogP contribution < -0.4 is 0 Å². The van der Waals surface area contributed by atoms with Crippen LogP contribution in [0, 0.1) is 11.8 Å². The van der Waals surface area contributed by atoms with Gasteiger partial charge in [0.1, 0.15) is 0 Å². The van der Waals surface area contributed by atoms with E-state index in [2.05, 4.69) is 6.58 Å². The molecule has 0 bridgehead atoms. The van der Waals surface area contributed by atoms with E-state index in [4.69, 9.17) is 21.1 Å². The van der Waals surface area contributed by atoms with E-state index in [1.54, 1.807) is 0 Å². The smallest absolute Gasteiger partial charge is 0.311 e. The molecule has 1 aromatic rings. The molecular weight excluding hydrogens is 300 g/mol. The Morgan fingerprint density at radius 3 is 2.55 bits per heavy atom. The highest BCUT2D eigenvalue weighted by atomic mass is 35.5. The van der Waals surface area contributed by atoms with Gasteiger partial charge in [0.05, 0.1) is 24.7 Å². The highest BCUT2D eigenvalue weighted by molar-refractivity contribution is 6.30. The Morgan fingerprint density at radius 2 is 2.00 bits per heavy atom. The Balaban J connectivity index is 2.23. The van der Waals surface area contributed by atoms with Gasteiger partial charge in [-0.3, -0.25) is 4.79 Å². The molecule has 0 amide bonds. The van der Waals surface area contributed by atoms with Crippen LogP contribution in [0.3, 0.4) is 0 Å². The summed E-state index contributed by atoms with van der Waals surface area (Å²) in [7, 11) is 0. The van der Waals surface area contributed by atoms with Gasteiger partial charge in [-0.2, -0.15) is 0 Å². The predicted molar refractivity (Wildman–Crippen MR) is 87.8 cm³/mol. The zero-order chi connectivity index (χ0) is 16.3. The van der Waals surface area contributed by atoms with Crippen molar-refractivity contribution in [3.8, 4) is 0 Å². The number of benzene rings is 1. The summed E-state index contributed by atoms with van der Waals surface area (Å²) in [5.74, 6) is -0.340. The van der Waals surface area contributed by atoms with E-state index in [1.807, 2.05) is 45.0 Å². The fourth-order valence-electron chi connectivity index (χ4n) is 2.97. The van der Waals surface area contributed by atoms with Crippen LogP contribution in [0.5, 0.6) is 0 Å². The zero-order valence-corrected chi connectivity index (χ0v) is 14.1. The molecule has 0 N–H and O–H groups in total. The van der Waals surface area contributed by atoms with E-state index in [9.17, 15) is 4.79 Å². The number of hydrogen-bond donors (Lipinski definition) is 0. The average molecular weight is 323 g/mol. The topological polar surface area (TPSA) is 35.5 Å². The van der Waals surface area contributed by atoms with Crippen LogP contribution in [-0.4, -0.2) is 18.7 Å². The van der Waals surface area contributed by atoms with Gasteiger partial charge in [0, 0.05) is 10.9 Å². The summed E-state index contributed by atoms with van der Waals surface area (Å²) in [4.78, 5) is 12.1. The standard InChI is InChI=1S/C18H23ClO3/c1-5-21-18(20)16-10-15(11(2)3)17(22-12(16)4)13-6-8-14(19)9-7-13/h6-9,12,15-17H,2,5,10H2,1,3-4H3/t12-,15+,16+,17+/m1/s1. The minimum atomic E-state index is -0.245. The number of halogens is 1. The lowest BCUT2D eigenvalue weighted by Crippen LogP contribution is -2.40. The Kier molecular flexibility index (Phi) is 5.65. The maximum absolute atomic E-state index is 12.1. The third kappa shape index (κ3) is 3.71. The largest absolute Gasteiger partial charge is 0.466 e. The van der Waals surface area contributed by atoms with Gasteiger partial charge >= 0.3 is 5.97 Å². The van der Waals surface area contributed by atoms with E-state index < -0.39 is 0 Å². The fraction of sp³-hybridized carbons (Fsp3) is 0.500. The Morgan fingerprint density at radius 1 is 1.36 bits per heavy atom. The number of esters is 1. The average Bonchev–Trinajstić information content (AvgIpc) is 2.47. The van der Waals surface area contributed by atoms with E-state index in [0.29, 0.717) is 18.1 Å². The molecule has 0 spiro atoms. The van der Waals surface area contributed by atoms with Gasteiger partial charge in [-0.1, -0.05) is 35.9 Å². The second kappa shape index (κ2) is 7.30. The van der Waals surface area contributed by atoms with E-state index in [0.717, 1.165) is 11.1 Å². The number of ether oxygens (including phenoxy) is 2. The molecule has 120 valence electrons. The first kappa shape index (κ1) is 17.0. The maximum atomic E-state index is 12.1. The van der Waals surface area contributed by atoms with Crippen molar-refractivity contribution in [1.82, 2.24) is 0 Å². The van der Waals surface area contributed by atoms with Crippen molar-refractivity contribution >= 4 is 17.6 Å². The van der Waals surface area contributed by atoms with E-state index >= 15 is 0 Å². The van der Waals surface area contributed by atoms with Crippen molar-refractivity contribution in [2.45, 2.75) is 39.4 Å². The van der Waals surface area contributed by atoms with Gasteiger partial charge in [0.25, 0.3) is 0 Å². The van der Waals surface area contributed by atoms with Gasteiger partial charge in [-0.25, -0.2) is 0 Å². The van der Waals surface area contributed by atoms with Gasteiger partial charge < -0.3 is 9.47 Å². The number of carbonyl (C=O) groups is 1. The normalized spacial score (nSPS) is 28.2. The Hall–Kier alpha value is -1.32. The minimum Gasteiger partial charge on any atom is -0.466 e. The van der Waals surface area contributed by atoms with Gasteiger partial charge in [-0.15, -0.1) is 0 Å². The molecule has 1 saturated heterocycles. The molecule has 1 fully saturated rings. The van der Waals surface area contributed by atoms with E-state index in [-0.39, 0.29) is 30.0 Å². The Bertz CT molecular complexity index is 538. The summed E-state index contributed by atoms with van der Waals surface area (Å²) >= 11 is 5.96. The molecule has 22 heavy (non-hydrogen) atoms. The summed E-state index contributed by atoms with van der Waals surface area (Å²) in [6.45, 7) is 10.2. The monoisotopic (exact) mass is 322 g/mol. The summed E-state index contributed by atoms with van der Waals surface area (Å²) in [5, 5.41) is 0.698. The van der Waals surface area contributed by atoms with Crippen LogP contribution in [0.4, 0.5) is 0 Å². The summed E-state index contributed by atoms with van der Waals surface area (Å²) in [6, 6.07) is 7.66. The first-order valence-electron chi connectivity index (χ1n) is 7.67. The third-order valence-corrected chi connectivity index (χ3v) is 4.47. The molecule has 0 saturated carbocycles. The lowest BCUT2D eigenvalue weighted by molar-refractivity contribution is -0.166. The fourth-order valence-corrected chi connectivity index (χ4v) is 3.10. The first-order chi connectivity index (χ1) is 10.4. The second-order valence-corrected chi connectivity index (χ2v) is 6.30. The quantitative estimate of drug-likeness (QED) is 0.602. The number of rotatable bonds is 4. The lowest BCUT2D eigenvalue weighted by Gasteiger charge is -2.40. The summed E-state index contributed by atoms with van der Waals surface area (Å²) < 4.78 is 11.3. The third-order valence-electron chi connectivity index (χ3n) is 4.22. The minimum absolute atomic E-state index is 0.0896. The summed E-state index contributed by atoms with van der Waals surface area (Å²) in [6.07, 6.45) is 0.411. The predicted octanol–water partition coefficient (Wildman–Crippen LogP) is 4.56. The molecule has 4 heteroatoms. The van der Waals surface area contributed by atoms with Crippen molar-refractivity contribution < 1.29 is 14.3 Å². The van der Waals surface area contributed by atoms with Crippen molar-refractivity contribution in [1.29, 1.82) is 0 Å². The van der Waals surface area contributed by atoms with Gasteiger partial charge in [0.15, 0.2) is 0 Å². The zero-order valence-electron chi connectivity index (χ0n) is 13.3. The molecule has 0 radical (unpaired) electrons. The van der Waals surface area contributed by atoms with Gasteiger partial charge in [-0.05, 0) is 44.9 Å². The molecule has 0 aliphatic carbocycles. The van der Waals surface area contributed by atoms with Crippen molar-refractivity contribution in [3.63, 3.8) is 0 Å². The highest BCUT2D eigenvalue weighted by Gasteiger charge is 2.41. The molecule has 1 aromatic carbocycles. The molecule has 1 aliphatic rings. The second-order valence-electron chi connectivity index (χ2n) is 5.86. The van der Waals surface area contributed by atoms with Crippen molar-refractivity contribution in [2.24, 2.45) is 11.8 Å². The van der Waals surface area contributed by atoms with Crippen LogP contribution >= 0.6 is 11.6 Å². The lowest BCUT2D eigenvalue weighted by atomic mass is 9.78. The first-order valence-corrected chi connectivity index (χ1v) is 8.04. The molecular formula is C18H23ClO3. The van der Waals surface area contributed by atoms with Crippen molar-refractivity contribution in [2.75, 3.05) is 6.61 Å². The molecule has 3 nitrogen and oxygen atoms in total. The number of hydrogen-bond acceptors (Lipinski definition) is 3. The van der Waals surface area contributed by atoms with Crippen LogP contribution in [0.15, 0.2) is 36.4 Å². The van der Waals surface area contributed by atoms with Crippen LogP contribution in [0.25, 0.3) is 0 Å². The van der Waals surface area contributed by atoms with Gasteiger partial charge in [0.2, 0.25) is 0 Å². The molecule has 0 unspecified atom stereocenters. The maximum Gasteiger partial charge on any atom is 0.311 e. The highest BCUT2D eigenvalue weighted by Crippen LogP contribution is 2.42.